The maximum atomic E-state index is 12.5. The van der Waals surface area contributed by atoms with Gasteiger partial charge in [-0.15, -0.1) is 0 Å². The summed E-state index contributed by atoms with van der Waals surface area (Å²) in [7, 11) is 1.60. The molecule has 10 nitrogen and oxygen atoms in total. The average molecular weight is 494 g/mol. The van der Waals surface area contributed by atoms with E-state index in [0.29, 0.717) is 18.2 Å². The second-order valence-electron chi connectivity index (χ2n) is 9.40. The molecule has 1 spiro atoms. The number of thioether (sulfide) groups is 1. The molecule has 186 valence electrons. The van der Waals surface area contributed by atoms with E-state index in [1.54, 1.807) is 7.11 Å². The molecule has 0 bridgehead atoms. The second kappa shape index (κ2) is 9.80. The van der Waals surface area contributed by atoms with Crippen molar-refractivity contribution in [3.63, 3.8) is 0 Å². The molecule has 4 rings (SSSR count). The summed E-state index contributed by atoms with van der Waals surface area (Å²) in [6, 6.07) is 1.28. The van der Waals surface area contributed by atoms with Crippen molar-refractivity contribution in [2.45, 2.75) is 74.7 Å². The molecule has 2 amide bonds. The summed E-state index contributed by atoms with van der Waals surface area (Å²) in [6.07, 6.45) is 3.86. The van der Waals surface area contributed by atoms with Crippen LogP contribution >= 0.6 is 11.8 Å². The lowest BCUT2D eigenvalue weighted by molar-refractivity contribution is -0.124. The Bertz CT molecular complexity index is 1020. The van der Waals surface area contributed by atoms with Crippen molar-refractivity contribution in [3.8, 4) is 0 Å². The fraction of sp³-hybridized carbons (Fsp3) is 0.652. The summed E-state index contributed by atoms with van der Waals surface area (Å²) in [5, 5.41) is 2.53. The third-order valence-corrected chi connectivity index (χ3v) is 7.61. The number of alkyl carbamates (subject to hydrolysis) is 1. The van der Waals surface area contributed by atoms with Gasteiger partial charge in [-0.2, -0.15) is 0 Å². The van der Waals surface area contributed by atoms with Gasteiger partial charge >= 0.3 is 6.09 Å². The van der Waals surface area contributed by atoms with Crippen LogP contribution in [0.1, 0.15) is 40.0 Å². The number of amides is 2. The largest absolute Gasteiger partial charge is 0.443 e. The van der Waals surface area contributed by atoms with E-state index in [9.17, 15) is 14.4 Å². The Balaban J connectivity index is 1.35. The molecule has 1 saturated carbocycles. The van der Waals surface area contributed by atoms with Gasteiger partial charge < -0.3 is 23.9 Å². The maximum absolute atomic E-state index is 12.5. The highest BCUT2D eigenvalue weighted by Crippen LogP contribution is 2.59. The second-order valence-corrected chi connectivity index (χ2v) is 10.4. The van der Waals surface area contributed by atoms with E-state index >= 15 is 0 Å². The zero-order valence-corrected chi connectivity index (χ0v) is 20.6. The van der Waals surface area contributed by atoms with Crippen LogP contribution in [0, 0.1) is 5.92 Å². The Hall–Kier alpha value is -2.21. The molecule has 3 heterocycles. The summed E-state index contributed by atoms with van der Waals surface area (Å²) >= 11 is 1.01. The van der Waals surface area contributed by atoms with Crippen molar-refractivity contribution in [1.82, 2.24) is 15.3 Å². The van der Waals surface area contributed by atoms with Crippen LogP contribution in [0.15, 0.2) is 33.9 Å². The van der Waals surface area contributed by atoms with Crippen molar-refractivity contribution in [2.24, 2.45) is 5.92 Å². The fourth-order valence-corrected chi connectivity index (χ4v) is 5.59. The minimum absolute atomic E-state index is 0.0512. The van der Waals surface area contributed by atoms with Crippen LogP contribution in [0.2, 0.25) is 0 Å². The zero-order chi connectivity index (χ0) is 24.5. The number of ether oxygens (including phenoxy) is 4. The van der Waals surface area contributed by atoms with Crippen molar-refractivity contribution in [1.29, 1.82) is 0 Å². The number of rotatable bonds is 8. The molecule has 1 aliphatic carbocycles. The van der Waals surface area contributed by atoms with Crippen LogP contribution in [0.25, 0.3) is 0 Å². The highest BCUT2D eigenvalue weighted by atomic mass is 32.2. The monoisotopic (exact) mass is 493 g/mol. The van der Waals surface area contributed by atoms with E-state index in [4.69, 9.17) is 18.9 Å². The molecular weight excluding hydrogens is 462 g/mol. The lowest BCUT2D eigenvalue weighted by Gasteiger charge is -2.42. The summed E-state index contributed by atoms with van der Waals surface area (Å²) < 4.78 is 23.5. The number of imide groups is 1. The molecule has 3 aliphatic rings. The summed E-state index contributed by atoms with van der Waals surface area (Å²) in [5.74, 6) is -0.749. The van der Waals surface area contributed by atoms with Gasteiger partial charge in [-0.25, -0.2) is 9.78 Å². The molecule has 2 N–H and O–H groups in total. The predicted octanol–water partition coefficient (Wildman–Crippen LogP) is 2.19. The van der Waals surface area contributed by atoms with E-state index in [1.165, 1.54) is 17.8 Å². The first kappa shape index (κ1) is 24.9. The fourth-order valence-electron chi connectivity index (χ4n) is 4.95. The topological polar surface area (TPSA) is 135 Å². The first-order chi connectivity index (χ1) is 16.2. The zero-order valence-electron chi connectivity index (χ0n) is 19.8. The molecule has 6 atom stereocenters. The van der Waals surface area contributed by atoms with Gasteiger partial charge in [-0.1, -0.05) is 23.4 Å². The maximum Gasteiger partial charge on any atom is 0.414 e. The molecule has 3 fully saturated rings. The molecular formula is C23H31N3O7S. The smallest absolute Gasteiger partial charge is 0.414 e. The lowest BCUT2D eigenvalue weighted by Crippen LogP contribution is -2.56. The third-order valence-electron chi connectivity index (χ3n) is 6.72. The number of hydrogen-bond donors (Lipinski definition) is 2. The number of aromatic amines is 1. The van der Waals surface area contributed by atoms with Gasteiger partial charge in [-0.05, 0) is 40.0 Å². The van der Waals surface area contributed by atoms with E-state index in [0.717, 1.165) is 24.6 Å². The highest BCUT2D eigenvalue weighted by Gasteiger charge is 2.72. The summed E-state index contributed by atoms with van der Waals surface area (Å²) in [5.41, 5.74) is 0.159. The third kappa shape index (κ3) is 5.37. The Kier molecular flexibility index (Phi) is 7.18. The van der Waals surface area contributed by atoms with Crippen molar-refractivity contribution >= 4 is 23.8 Å². The van der Waals surface area contributed by atoms with Crippen LogP contribution in [-0.2, 0) is 23.7 Å². The van der Waals surface area contributed by atoms with E-state index < -0.39 is 29.8 Å². The molecule has 2 saturated heterocycles. The normalized spacial score (nSPS) is 33.8. The number of carbonyl (C=O) groups excluding carboxylic acids is 2. The molecule has 6 unspecified atom stereocenters. The van der Waals surface area contributed by atoms with Crippen LogP contribution in [0.5, 0.6) is 0 Å². The minimum atomic E-state index is -0.832. The van der Waals surface area contributed by atoms with Crippen LogP contribution < -0.4 is 10.9 Å². The number of hydrogen-bond acceptors (Lipinski definition) is 9. The molecule has 1 aromatic heterocycles. The van der Waals surface area contributed by atoms with Gasteiger partial charge in [0.05, 0.1) is 24.4 Å². The number of aromatic nitrogens is 2. The van der Waals surface area contributed by atoms with Gasteiger partial charge in [0, 0.05) is 19.4 Å². The average Bonchev–Trinajstić information content (AvgIpc) is 3.69. The molecule has 34 heavy (non-hydrogen) atoms. The number of allylic oxidation sites excluding steroid dienone is 1. The van der Waals surface area contributed by atoms with Gasteiger partial charge in [0.2, 0.25) is 5.91 Å². The predicted molar refractivity (Wildman–Crippen MR) is 124 cm³/mol. The van der Waals surface area contributed by atoms with Crippen molar-refractivity contribution in [2.75, 3.05) is 19.5 Å². The van der Waals surface area contributed by atoms with Gasteiger partial charge in [-0.3, -0.25) is 14.9 Å². The number of epoxide rings is 2. The summed E-state index contributed by atoms with van der Waals surface area (Å²) in [4.78, 5) is 42.5. The Labute approximate surface area is 202 Å². The first-order valence-corrected chi connectivity index (χ1v) is 12.3. The Morgan fingerprint density at radius 3 is 2.82 bits per heavy atom. The van der Waals surface area contributed by atoms with E-state index in [2.05, 4.69) is 42.1 Å². The SMILES string of the molecule is COC1C(OC(=O)NC(=O)CSc2nccc(=O)[nH]2)CCC2(CO2)C1C1(C)OC1CC=C(C)C. The number of H-pyrrole nitrogens is 1. The molecule has 11 heteroatoms. The minimum Gasteiger partial charge on any atom is -0.443 e. The first-order valence-electron chi connectivity index (χ1n) is 11.3. The summed E-state index contributed by atoms with van der Waals surface area (Å²) in [6.45, 7) is 6.82. The van der Waals surface area contributed by atoms with Gasteiger partial charge in [0.1, 0.15) is 23.4 Å². The quantitative estimate of drug-likeness (QED) is 0.242. The Morgan fingerprint density at radius 2 is 2.18 bits per heavy atom. The van der Waals surface area contributed by atoms with Crippen molar-refractivity contribution in [3.05, 3.63) is 34.3 Å². The van der Waals surface area contributed by atoms with E-state index in [-0.39, 0.29) is 28.9 Å². The number of methoxy groups -OCH3 is 1. The van der Waals surface area contributed by atoms with Crippen LogP contribution in [0.3, 0.4) is 0 Å². The molecule has 2 aliphatic heterocycles. The van der Waals surface area contributed by atoms with Gasteiger partial charge in [0.25, 0.3) is 5.56 Å². The van der Waals surface area contributed by atoms with Crippen molar-refractivity contribution < 1.29 is 28.5 Å². The standard InChI is InChI=1S/C23H31N3O7S/c1-13(2)5-6-15-22(3,33-15)19-18(30-4)14(7-9-23(19)12-31-23)32-21(29)26-17(28)11-34-20-24-10-8-16(27)25-20/h5,8,10,14-15,18-19H,6-7,9,11-12H2,1-4H3,(H,24,25,27)(H,26,28,29). The van der Waals surface area contributed by atoms with Crippen LogP contribution in [-0.4, -0.2) is 71.0 Å². The molecule has 0 radical (unpaired) electrons. The van der Waals surface area contributed by atoms with E-state index in [1.807, 2.05) is 0 Å². The van der Waals surface area contributed by atoms with Crippen LogP contribution in [0.4, 0.5) is 4.79 Å². The molecule has 1 aromatic rings. The van der Waals surface area contributed by atoms with Gasteiger partial charge in [0.15, 0.2) is 5.16 Å². The lowest BCUT2D eigenvalue weighted by atomic mass is 9.68. The highest BCUT2D eigenvalue weighted by molar-refractivity contribution is 7.99. The number of nitrogens with zero attached hydrogens (tertiary/aromatic N) is 1. The Morgan fingerprint density at radius 1 is 1.41 bits per heavy atom. The molecule has 0 aromatic carbocycles. The number of carbonyl (C=O) groups is 2. The number of nitrogens with one attached hydrogen (secondary N) is 2.